The summed E-state index contributed by atoms with van der Waals surface area (Å²) >= 11 is 0. The predicted octanol–water partition coefficient (Wildman–Crippen LogP) is 2.88. The second-order valence-electron chi connectivity index (χ2n) is 5.87. The summed E-state index contributed by atoms with van der Waals surface area (Å²) in [5.74, 6) is -0.107. The molecule has 0 atom stereocenters. The van der Waals surface area contributed by atoms with E-state index in [1.165, 1.54) is 12.1 Å². The Labute approximate surface area is 140 Å². The van der Waals surface area contributed by atoms with Gasteiger partial charge in [-0.3, -0.25) is 4.90 Å². The maximum absolute atomic E-state index is 13.2. The first-order chi connectivity index (χ1) is 11.6. The van der Waals surface area contributed by atoms with Crippen LogP contribution >= 0.6 is 0 Å². The molecular formula is C18H20FN3O2. The fraction of sp³-hybridized carbons (Fsp3) is 0.278. The van der Waals surface area contributed by atoms with E-state index in [1.807, 2.05) is 12.1 Å². The highest BCUT2D eigenvalue weighted by molar-refractivity contribution is 5.89. The number of hydrogen-bond donors (Lipinski definition) is 2. The highest BCUT2D eigenvalue weighted by atomic mass is 19.1. The van der Waals surface area contributed by atoms with Gasteiger partial charge in [0.15, 0.2) is 0 Å². The molecule has 1 aliphatic heterocycles. The van der Waals surface area contributed by atoms with Gasteiger partial charge in [-0.15, -0.1) is 0 Å². The van der Waals surface area contributed by atoms with Crippen LogP contribution in [-0.2, 0) is 6.54 Å². The normalized spacial score (nSPS) is 15.3. The van der Waals surface area contributed by atoms with Crippen molar-refractivity contribution in [2.45, 2.75) is 6.54 Å². The zero-order valence-electron chi connectivity index (χ0n) is 13.3. The smallest absolute Gasteiger partial charge is 0.321 e. The molecule has 2 aromatic carbocycles. The molecule has 3 rings (SSSR count). The second-order valence-corrected chi connectivity index (χ2v) is 5.87. The summed E-state index contributed by atoms with van der Waals surface area (Å²) in [6, 6.07) is 12.9. The summed E-state index contributed by atoms with van der Waals surface area (Å²) < 4.78 is 13.2. The molecule has 0 aromatic heterocycles. The Balaban J connectivity index is 1.50. The number of carbonyl (C=O) groups excluding carboxylic acids is 1. The van der Waals surface area contributed by atoms with Gasteiger partial charge in [-0.1, -0.05) is 18.2 Å². The molecule has 2 amide bonds. The second kappa shape index (κ2) is 7.31. The van der Waals surface area contributed by atoms with Gasteiger partial charge in [0.25, 0.3) is 0 Å². The summed E-state index contributed by atoms with van der Waals surface area (Å²) in [4.78, 5) is 16.2. The Morgan fingerprint density at radius 1 is 1.08 bits per heavy atom. The van der Waals surface area contributed by atoms with Crippen LogP contribution in [0.5, 0.6) is 5.75 Å². The van der Waals surface area contributed by atoms with Gasteiger partial charge in [-0.25, -0.2) is 9.18 Å². The van der Waals surface area contributed by atoms with Crippen LogP contribution in [0.15, 0.2) is 48.5 Å². The molecule has 0 bridgehead atoms. The van der Waals surface area contributed by atoms with Gasteiger partial charge >= 0.3 is 6.03 Å². The molecule has 1 heterocycles. The molecule has 1 fully saturated rings. The van der Waals surface area contributed by atoms with E-state index in [9.17, 15) is 14.3 Å². The van der Waals surface area contributed by atoms with E-state index in [2.05, 4.69) is 10.2 Å². The highest BCUT2D eigenvalue weighted by Crippen LogP contribution is 2.15. The lowest BCUT2D eigenvalue weighted by molar-refractivity contribution is 0.143. The van der Waals surface area contributed by atoms with Gasteiger partial charge in [0.05, 0.1) is 0 Å². The number of aromatic hydroxyl groups is 1. The first-order valence-electron chi connectivity index (χ1n) is 7.92. The largest absolute Gasteiger partial charge is 0.508 e. The van der Waals surface area contributed by atoms with E-state index >= 15 is 0 Å². The van der Waals surface area contributed by atoms with Crippen LogP contribution in [0.2, 0.25) is 0 Å². The first kappa shape index (κ1) is 16.3. The minimum Gasteiger partial charge on any atom is -0.508 e. The van der Waals surface area contributed by atoms with Crippen LogP contribution < -0.4 is 5.32 Å². The van der Waals surface area contributed by atoms with E-state index in [-0.39, 0.29) is 17.6 Å². The topological polar surface area (TPSA) is 55.8 Å². The number of benzene rings is 2. The maximum Gasteiger partial charge on any atom is 0.321 e. The van der Waals surface area contributed by atoms with Crippen LogP contribution in [0.4, 0.5) is 14.9 Å². The maximum atomic E-state index is 13.2. The Bertz CT molecular complexity index is 715. The molecule has 1 saturated heterocycles. The fourth-order valence-corrected chi connectivity index (χ4v) is 2.79. The molecule has 0 spiro atoms. The average Bonchev–Trinajstić information content (AvgIpc) is 2.55. The molecule has 1 aliphatic rings. The first-order valence-corrected chi connectivity index (χ1v) is 7.92. The average molecular weight is 329 g/mol. The highest BCUT2D eigenvalue weighted by Gasteiger charge is 2.21. The van der Waals surface area contributed by atoms with Crippen molar-refractivity contribution >= 4 is 11.7 Å². The van der Waals surface area contributed by atoms with Crippen molar-refractivity contribution in [3.05, 3.63) is 59.9 Å². The van der Waals surface area contributed by atoms with Crippen molar-refractivity contribution in [3.8, 4) is 5.75 Å². The molecular weight excluding hydrogens is 309 g/mol. The van der Waals surface area contributed by atoms with Gasteiger partial charge in [-0.2, -0.15) is 0 Å². The number of rotatable bonds is 3. The zero-order valence-corrected chi connectivity index (χ0v) is 13.3. The molecule has 0 radical (unpaired) electrons. The lowest BCUT2D eigenvalue weighted by atomic mass is 10.2. The SMILES string of the molecule is O=C(Nc1cccc(F)c1)N1CCN(Cc2cccc(O)c2)CC1. The Morgan fingerprint density at radius 3 is 2.54 bits per heavy atom. The number of nitrogens with one attached hydrogen (secondary N) is 1. The quantitative estimate of drug-likeness (QED) is 0.910. The fourth-order valence-electron chi connectivity index (χ4n) is 2.79. The van der Waals surface area contributed by atoms with Crippen molar-refractivity contribution in [2.24, 2.45) is 0 Å². The molecule has 6 heteroatoms. The van der Waals surface area contributed by atoms with Gasteiger partial charge in [0.1, 0.15) is 11.6 Å². The lowest BCUT2D eigenvalue weighted by Gasteiger charge is -2.34. The number of amides is 2. The van der Waals surface area contributed by atoms with Crippen LogP contribution in [0, 0.1) is 5.82 Å². The minimum absolute atomic E-state index is 0.211. The molecule has 0 aliphatic carbocycles. The van der Waals surface area contributed by atoms with Crippen LogP contribution in [-0.4, -0.2) is 47.1 Å². The van der Waals surface area contributed by atoms with E-state index < -0.39 is 0 Å². The summed E-state index contributed by atoms with van der Waals surface area (Å²) in [7, 11) is 0. The zero-order chi connectivity index (χ0) is 16.9. The number of phenolic OH excluding ortho intramolecular Hbond substituents is 1. The predicted molar refractivity (Wildman–Crippen MR) is 90.4 cm³/mol. The number of halogens is 1. The van der Waals surface area contributed by atoms with Crippen LogP contribution in [0.3, 0.4) is 0 Å². The molecule has 2 aromatic rings. The van der Waals surface area contributed by atoms with Gasteiger partial charge in [-0.05, 0) is 35.9 Å². The molecule has 126 valence electrons. The van der Waals surface area contributed by atoms with Gasteiger partial charge in [0, 0.05) is 38.4 Å². The number of anilines is 1. The van der Waals surface area contributed by atoms with E-state index in [0.717, 1.165) is 25.2 Å². The number of hydrogen-bond acceptors (Lipinski definition) is 3. The molecule has 2 N–H and O–H groups in total. The van der Waals surface area contributed by atoms with Crippen molar-refractivity contribution in [1.29, 1.82) is 0 Å². The standard InChI is InChI=1S/C18H20FN3O2/c19-15-4-2-5-16(12-15)20-18(24)22-9-7-21(8-10-22)13-14-3-1-6-17(23)11-14/h1-6,11-12,23H,7-10,13H2,(H,20,24). The molecule has 0 saturated carbocycles. The Kier molecular flexibility index (Phi) is 4.96. The number of phenols is 1. The summed E-state index contributed by atoms with van der Waals surface area (Å²) in [5, 5.41) is 12.2. The third-order valence-electron chi connectivity index (χ3n) is 4.05. The number of piperazine rings is 1. The number of nitrogens with zero attached hydrogens (tertiary/aromatic N) is 2. The summed E-state index contributed by atoms with van der Waals surface area (Å²) in [6.07, 6.45) is 0. The van der Waals surface area contributed by atoms with Crippen LogP contribution in [0.1, 0.15) is 5.56 Å². The molecule has 24 heavy (non-hydrogen) atoms. The molecule has 5 nitrogen and oxygen atoms in total. The van der Waals surface area contributed by atoms with Crippen molar-refractivity contribution < 1.29 is 14.3 Å². The monoisotopic (exact) mass is 329 g/mol. The van der Waals surface area contributed by atoms with E-state index in [0.29, 0.717) is 18.8 Å². The molecule has 0 unspecified atom stereocenters. The van der Waals surface area contributed by atoms with Crippen molar-refractivity contribution in [3.63, 3.8) is 0 Å². The van der Waals surface area contributed by atoms with Gasteiger partial charge < -0.3 is 15.3 Å². The minimum atomic E-state index is -0.372. The lowest BCUT2D eigenvalue weighted by Crippen LogP contribution is -2.49. The summed E-state index contributed by atoms with van der Waals surface area (Å²) in [5.41, 5.74) is 1.51. The third kappa shape index (κ3) is 4.23. The van der Waals surface area contributed by atoms with Gasteiger partial charge in [0.2, 0.25) is 0 Å². The third-order valence-corrected chi connectivity index (χ3v) is 4.05. The number of carbonyl (C=O) groups is 1. The Hall–Kier alpha value is -2.60. The van der Waals surface area contributed by atoms with Crippen molar-refractivity contribution in [1.82, 2.24) is 9.80 Å². The van der Waals surface area contributed by atoms with Crippen LogP contribution in [0.25, 0.3) is 0 Å². The number of urea groups is 1. The van der Waals surface area contributed by atoms with Crippen molar-refractivity contribution in [2.75, 3.05) is 31.5 Å². The summed E-state index contributed by atoms with van der Waals surface area (Å²) in [6.45, 7) is 3.48. The van der Waals surface area contributed by atoms with E-state index in [1.54, 1.807) is 29.2 Å². The van der Waals surface area contributed by atoms with E-state index in [4.69, 9.17) is 0 Å². The Morgan fingerprint density at radius 2 is 1.83 bits per heavy atom.